The molecule has 0 aromatic heterocycles. The minimum Gasteiger partial charge on any atom is -0.316 e. The molecule has 1 aliphatic carbocycles. The predicted octanol–water partition coefficient (Wildman–Crippen LogP) is 1.82. The maximum atomic E-state index is 3.49. The Morgan fingerprint density at radius 3 is 3.17 bits per heavy atom. The van der Waals surface area contributed by atoms with Crippen molar-refractivity contribution in [3.63, 3.8) is 0 Å². The van der Waals surface area contributed by atoms with Crippen LogP contribution in [-0.2, 0) is 0 Å². The fraction of sp³-hybridized carbons (Fsp3) is 0.500. The van der Waals surface area contributed by atoms with Gasteiger partial charge in [0.05, 0.1) is 0 Å². The van der Waals surface area contributed by atoms with Crippen LogP contribution in [0.1, 0.15) is 6.42 Å². The number of nitrogens with one attached hydrogen (secondary N) is 1. The minimum absolute atomic E-state index is 0.249. The van der Waals surface area contributed by atoms with E-state index >= 15 is 0 Å². The van der Waals surface area contributed by atoms with Crippen LogP contribution in [0.3, 0.4) is 0 Å². The van der Waals surface area contributed by atoms with E-state index in [0.717, 1.165) is 5.92 Å². The average molecular weight is 273 g/mol. The van der Waals surface area contributed by atoms with Crippen LogP contribution >= 0.6 is 20.7 Å². The summed E-state index contributed by atoms with van der Waals surface area (Å²) in [5, 5.41) is 3.49. The number of allylic oxidation sites excluding steroid dienone is 2. The fourth-order valence-electron chi connectivity index (χ4n) is 2.39. The fourth-order valence-corrected chi connectivity index (χ4v) is 4.26. The Morgan fingerprint density at radius 1 is 1.58 bits per heavy atom. The van der Waals surface area contributed by atoms with Gasteiger partial charge in [-0.25, -0.2) is 0 Å². The molecule has 0 spiro atoms. The second kappa shape index (κ2) is 2.51. The van der Waals surface area contributed by atoms with Crippen LogP contribution in [-0.4, -0.2) is 17.1 Å². The van der Waals surface area contributed by atoms with Gasteiger partial charge in [-0.2, -0.15) is 0 Å². The van der Waals surface area contributed by atoms with Crippen molar-refractivity contribution in [2.45, 2.75) is 6.42 Å². The molecular formula is C10H12IN. The van der Waals surface area contributed by atoms with E-state index in [1.807, 2.05) is 0 Å². The highest BCUT2D eigenvalue weighted by Crippen LogP contribution is 2.60. The molecular weight excluding hydrogens is 261 g/mol. The molecule has 1 nitrogen and oxygen atoms in total. The van der Waals surface area contributed by atoms with Gasteiger partial charge in [0.2, 0.25) is 0 Å². The van der Waals surface area contributed by atoms with E-state index in [1.165, 1.54) is 19.5 Å². The summed E-state index contributed by atoms with van der Waals surface area (Å²) in [6.07, 6.45) is 6.03. The molecule has 12 heavy (non-hydrogen) atoms. The van der Waals surface area contributed by atoms with Gasteiger partial charge in [0, 0.05) is 12.0 Å². The molecule has 0 bridgehead atoms. The number of halogens is 1. The summed E-state index contributed by atoms with van der Waals surface area (Å²) >= 11 is 0.249. The lowest BCUT2D eigenvalue weighted by Gasteiger charge is -2.13. The van der Waals surface area contributed by atoms with Gasteiger partial charge in [-0.1, -0.05) is 32.9 Å². The van der Waals surface area contributed by atoms with Gasteiger partial charge >= 0.3 is 0 Å². The van der Waals surface area contributed by atoms with Crippen LogP contribution in [0.15, 0.2) is 21.8 Å². The molecule has 1 saturated heterocycles. The Morgan fingerprint density at radius 2 is 2.58 bits per heavy atom. The van der Waals surface area contributed by atoms with Gasteiger partial charge in [0.1, 0.15) is 0 Å². The molecule has 0 amide bonds. The van der Waals surface area contributed by atoms with Crippen LogP contribution < -0.4 is 5.32 Å². The third-order valence-corrected chi connectivity index (χ3v) is 5.10. The Kier molecular flexibility index (Phi) is 1.56. The predicted molar refractivity (Wildman–Crippen MR) is 60.7 cm³/mol. The summed E-state index contributed by atoms with van der Waals surface area (Å²) in [7, 11) is 0. The van der Waals surface area contributed by atoms with Crippen molar-refractivity contribution < 1.29 is 0 Å². The normalized spacial score (nSPS) is 43.3. The molecule has 0 aromatic carbocycles. The Balaban J connectivity index is 1.94. The molecule has 64 valence electrons. The highest BCUT2D eigenvalue weighted by Gasteiger charge is 2.58. The Bertz CT molecular complexity index is 303. The van der Waals surface area contributed by atoms with E-state index in [9.17, 15) is 0 Å². The molecule has 3 rings (SSSR count). The zero-order valence-corrected chi connectivity index (χ0v) is 9.04. The first-order chi connectivity index (χ1) is 5.92. The average Bonchev–Trinajstić information content (AvgIpc) is 2.72. The molecule has 1 N–H and O–H groups in total. The van der Waals surface area contributed by atoms with Crippen molar-refractivity contribution in [2.75, 3.05) is 13.1 Å². The van der Waals surface area contributed by atoms with Gasteiger partial charge in [-0.05, 0) is 32.6 Å². The summed E-state index contributed by atoms with van der Waals surface area (Å²) in [5.41, 5.74) is 2.25. The van der Waals surface area contributed by atoms with Crippen LogP contribution in [0, 0.1) is 11.3 Å². The lowest BCUT2D eigenvalue weighted by atomic mass is 9.96. The van der Waals surface area contributed by atoms with E-state index in [1.54, 1.807) is 5.57 Å². The van der Waals surface area contributed by atoms with Gasteiger partial charge in [-0.3, -0.25) is 0 Å². The van der Waals surface area contributed by atoms with Crippen LogP contribution in [0.4, 0.5) is 0 Å². The molecule has 2 heterocycles. The van der Waals surface area contributed by atoms with E-state index < -0.39 is 0 Å². The van der Waals surface area contributed by atoms with E-state index in [0.29, 0.717) is 5.41 Å². The zero-order chi connectivity index (χ0) is 8.02. The monoisotopic (exact) mass is 273 g/mol. The lowest BCUT2D eigenvalue weighted by molar-refractivity contribution is 0.622. The lowest BCUT2D eigenvalue weighted by Crippen LogP contribution is -2.17. The zero-order valence-electron chi connectivity index (χ0n) is 6.89. The van der Waals surface area contributed by atoms with Gasteiger partial charge in [-0.15, -0.1) is 0 Å². The van der Waals surface area contributed by atoms with E-state index in [4.69, 9.17) is 0 Å². The first-order valence-corrected chi connectivity index (χ1v) is 6.94. The van der Waals surface area contributed by atoms with Crippen molar-refractivity contribution in [1.82, 2.24) is 5.32 Å². The minimum atomic E-state index is 0.249. The van der Waals surface area contributed by atoms with E-state index in [2.05, 4.69) is 25.6 Å². The third kappa shape index (κ3) is 0.909. The van der Waals surface area contributed by atoms with Crippen molar-refractivity contribution in [1.29, 1.82) is 0 Å². The summed E-state index contributed by atoms with van der Waals surface area (Å²) in [4.78, 5) is 0. The highest BCUT2D eigenvalue weighted by atomic mass is 127. The molecule has 2 fully saturated rings. The summed E-state index contributed by atoms with van der Waals surface area (Å²) in [6.45, 7) is 2.49. The molecule has 3 aliphatic rings. The van der Waals surface area contributed by atoms with Crippen LogP contribution in [0.25, 0.3) is 0 Å². The molecule has 2 atom stereocenters. The third-order valence-electron chi connectivity index (χ3n) is 3.24. The summed E-state index contributed by atoms with van der Waals surface area (Å²) in [6, 6.07) is 0. The Hall–Kier alpha value is 0.0400. The van der Waals surface area contributed by atoms with Crippen molar-refractivity contribution in [2.24, 2.45) is 11.3 Å². The summed E-state index contributed by atoms with van der Waals surface area (Å²) < 4.78 is 4.84. The van der Waals surface area contributed by atoms with Crippen molar-refractivity contribution in [3.05, 3.63) is 21.8 Å². The first-order valence-electron chi connectivity index (χ1n) is 4.45. The SMILES string of the molecule is C1=CC(C23CNCC2C3)=CI=C1. The standard InChI is InChI=1S/C10H12IN/c1-2-8(5-11-3-1)10-4-9(10)6-12-7-10/h1-3,5,9,12H,4,6-7H2. The summed E-state index contributed by atoms with van der Waals surface area (Å²) in [5.74, 6) is 0.968. The number of hydrogen-bond acceptors (Lipinski definition) is 1. The quantitative estimate of drug-likeness (QED) is 0.719. The molecule has 2 aliphatic heterocycles. The highest BCUT2D eigenvalue weighted by molar-refractivity contribution is 14.2. The molecule has 1 saturated carbocycles. The number of rotatable bonds is 1. The number of piperidine rings is 1. The van der Waals surface area contributed by atoms with Gasteiger partial charge < -0.3 is 5.32 Å². The van der Waals surface area contributed by atoms with E-state index in [-0.39, 0.29) is 20.7 Å². The van der Waals surface area contributed by atoms with Gasteiger partial charge in [0.25, 0.3) is 0 Å². The number of fused-ring (bicyclic) bond motifs is 1. The molecule has 0 aromatic rings. The van der Waals surface area contributed by atoms with Crippen molar-refractivity contribution in [3.8, 4) is 0 Å². The topological polar surface area (TPSA) is 12.0 Å². The largest absolute Gasteiger partial charge is 0.316 e. The number of hydrogen-bond donors (Lipinski definition) is 1. The second-order valence-electron chi connectivity index (χ2n) is 3.86. The van der Waals surface area contributed by atoms with Crippen LogP contribution in [0.2, 0.25) is 0 Å². The van der Waals surface area contributed by atoms with Gasteiger partial charge in [0.15, 0.2) is 0 Å². The molecule has 0 radical (unpaired) electrons. The molecule has 2 unspecified atom stereocenters. The van der Waals surface area contributed by atoms with Crippen molar-refractivity contribution >= 4 is 24.7 Å². The maximum Gasteiger partial charge on any atom is 0.0126 e. The Labute approximate surface area is 82.7 Å². The first kappa shape index (κ1) is 7.44. The maximum absolute atomic E-state index is 3.49. The van der Waals surface area contributed by atoms with Crippen LogP contribution in [0.5, 0.6) is 0 Å². The molecule has 2 heteroatoms. The smallest absolute Gasteiger partial charge is 0.0126 e. The second-order valence-corrected chi connectivity index (χ2v) is 5.92.